The van der Waals surface area contributed by atoms with E-state index in [4.69, 9.17) is 5.11 Å². The third-order valence-electron chi connectivity index (χ3n) is 3.51. The highest BCUT2D eigenvalue weighted by Crippen LogP contribution is 2.26. The van der Waals surface area contributed by atoms with Gasteiger partial charge in [-0.05, 0) is 18.4 Å². The van der Waals surface area contributed by atoms with Crippen LogP contribution in [0.15, 0.2) is 30.3 Å². The molecule has 0 aliphatic heterocycles. The van der Waals surface area contributed by atoms with Gasteiger partial charge in [-0.3, -0.25) is 4.79 Å². The number of unbranched alkanes of at least 4 members (excludes halogenated alkanes) is 4. The van der Waals surface area contributed by atoms with Crippen molar-refractivity contribution in [3.8, 4) is 0 Å². The molecule has 20 heavy (non-hydrogen) atoms. The zero-order chi connectivity index (χ0) is 14.8. The van der Waals surface area contributed by atoms with E-state index >= 15 is 0 Å². The van der Waals surface area contributed by atoms with Crippen LogP contribution >= 0.6 is 0 Å². The van der Waals surface area contributed by atoms with Crippen LogP contribution in [0.25, 0.3) is 0 Å². The Hall–Kier alpha value is -1.39. The fraction of sp³-hybridized carbons (Fsp3) is 0.562. The molecular weight excluding hydrogens is 256 g/mol. The minimum atomic E-state index is -0.953. The number of carboxylic acid groups (broad SMARTS) is 1. The van der Waals surface area contributed by atoms with E-state index in [-0.39, 0.29) is 6.61 Å². The normalized spacial score (nSPS) is 13.9. The first-order valence-electron chi connectivity index (χ1n) is 7.23. The molecule has 0 saturated heterocycles. The number of carboxylic acids is 1. The van der Waals surface area contributed by atoms with Crippen LogP contribution in [0.5, 0.6) is 0 Å². The molecule has 0 fully saturated rings. The van der Waals surface area contributed by atoms with Crippen LogP contribution in [0.3, 0.4) is 0 Å². The lowest BCUT2D eigenvalue weighted by molar-refractivity contribution is -0.146. The fourth-order valence-electron chi connectivity index (χ4n) is 2.31. The van der Waals surface area contributed by atoms with Gasteiger partial charge in [0.25, 0.3) is 0 Å². The summed E-state index contributed by atoms with van der Waals surface area (Å²) in [4.78, 5) is 11.3. The molecule has 112 valence electrons. The van der Waals surface area contributed by atoms with Gasteiger partial charge in [-0.15, -0.1) is 0 Å². The van der Waals surface area contributed by atoms with Gasteiger partial charge < -0.3 is 15.3 Å². The van der Waals surface area contributed by atoms with Crippen molar-refractivity contribution >= 4 is 5.97 Å². The van der Waals surface area contributed by atoms with Crippen molar-refractivity contribution in [2.45, 2.75) is 44.6 Å². The summed E-state index contributed by atoms with van der Waals surface area (Å²) in [5.41, 5.74) is 0.653. The van der Waals surface area contributed by atoms with Crippen molar-refractivity contribution in [2.24, 2.45) is 5.92 Å². The molecule has 4 heteroatoms. The molecule has 2 atom stereocenters. The lowest BCUT2D eigenvalue weighted by Crippen LogP contribution is -2.22. The number of carbonyl (C=O) groups is 1. The largest absolute Gasteiger partial charge is 0.481 e. The van der Waals surface area contributed by atoms with E-state index in [1.807, 2.05) is 6.07 Å². The third kappa shape index (κ3) is 5.72. The van der Waals surface area contributed by atoms with Crippen LogP contribution in [0, 0.1) is 5.92 Å². The van der Waals surface area contributed by atoms with Gasteiger partial charge in [0, 0.05) is 6.61 Å². The molecule has 3 N–H and O–H groups in total. The predicted octanol–water partition coefficient (Wildman–Crippen LogP) is 2.75. The average molecular weight is 280 g/mol. The Morgan fingerprint density at radius 3 is 2.20 bits per heavy atom. The van der Waals surface area contributed by atoms with Crippen LogP contribution in [0.1, 0.15) is 50.2 Å². The second kappa shape index (κ2) is 9.50. The standard InChI is InChI=1S/C16H24O4/c17-12-8-3-1-2-7-11-14(16(19)20)15(18)13-9-5-4-6-10-13/h4-6,9-10,14-15,17-18H,1-3,7-8,11-12H2,(H,19,20)/t14-,15+/m1/s1. The zero-order valence-corrected chi connectivity index (χ0v) is 11.7. The molecular formula is C16H24O4. The highest BCUT2D eigenvalue weighted by atomic mass is 16.4. The topological polar surface area (TPSA) is 77.8 Å². The summed E-state index contributed by atoms with van der Waals surface area (Å²) >= 11 is 0. The molecule has 0 saturated carbocycles. The molecule has 0 aromatic heterocycles. The highest BCUT2D eigenvalue weighted by molar-refractivity contribution is 5.71. The van der Waals surface area contributed by atoms with Crippen molar-refractivity contribution in [3.05, 3.63) is 35.9 Å². The van der Waals surface area contributed by atoms with E-state index in [9.17, 15) is 15.0 Å². The first-order chi connectivity index (χ1) is 9.66. The van der Waals surface area contributed by atoms with Gasteiger partial charge in [-0.25, -0.2) is 0 Å². The lowest BCUT2D eigenvalue weighted by atomic mass is 9.91. The van der Waals surface area contributed by atoms with Gasteiger partial charge in [-0.2, -0.15) is 0 Å². The molecule has 0 unspecified atom stereocenters. The minimum absolute atomic E-state index is 0.213. The molecule has 1 aromatic carbocycles. The van der Waals surface area contributed by atoms with Crippen LogP contribution in [0.2, 0.25) is 0 Å². The molecule has 0 amide bonds. The smallest absolute Gasteiger partial charge is 0.309 e. The first-order valence-corrected chi connectivity index (χ1v) is 7.23. The summed E-state index contributed by atoms with van der Waals surface area (Å²) in [5, 5.41) is 28.1. The molecule has 0 aliphatic rings. The van der Waals surface area contributed by atoms with Crippen LogP contribution in [-0.2, 0) is 4.79 Å². The van der Waals surface area contributed by atoms with E-state index in [1.54, 1.807) is 24.3 Å². The Morgan fingerprint density at radius 1 is 1.00 bits per heavy atom. The summed E-state index contributed by atoms with van der Waals surface area (Å²) in [7, 11) is 0. The van der Waals surface area contributed by atoms with Crippen molar-refractivity contribution in [3.63, 3.8) is 0 Å². The van der Waals surface area contributed by atoms with E-state index in [2.05, 4.69) is 0 Å². The Morgan fingerprint density at radius 2 is 1.60 bits per heavy atom. The molecule has 0 bridgehead atoms. The number of hydrogen-bond donors (Lipinski definition) is 3. The Bertz CT molecular complexity index is 377. The SMILES string of the molecule is O=C(O)[C@H](CCCCCCCO)[C@@H](O)c1ccccc1. The van der Waals surface area contributed by atoms with Crippen LogP contribution in [-0.4, -0.2) is 27.9 Å². The maximum atomic E-state index is 11.3. The van der Waals surface area contributed by atoms with Gasteiger partial charge in [0.2, 0.25) is 0 Å². The van der Waals surface area contributed by atoms with Crippen LogP contribution in [0.4, 0.5) is 0 Å². The maximum absolute atomic E-state index is 11.3. The molecule has 4 nitrogen and oxygen atoms in total. The fourth-order valence-corrected chi connectivity index (χ4v) is 2.31. The van der Waals surface area contributed by atoms with Gasteiger partial charge in [0.1, 0.15) is 0 Å². The summed E-state index contributed by atoms with van der Waals surface area (Å²) in [6.45, 7) is 0.213. The predicted molar refractivity (Wildman–Crippen MR) is 77.3 cm³/mol. The monoisotopic (exact) mass is 280 g/mol. The van der Waals surface area contributed by atoms with E-state index in [0.717, 1.165) is 32.1 Å². The van der Waals surface area contributed by atoms with E-state index in [1.165, 1.54) is 0 Å². The summed E-state index contributed by atoms with van der Waals surface area (Å²) in [6.07, 6.45) is 4.01. The Labute approximate surface area is 120 Å². The van der Waals surface area contributed by atoms with E-state index in [0.29, 0.717) is 12.0 Å². The highest BCUT2D eigenvalue weighted by Gasteiger charge is 2.26. The minimum Gasteiger partial charge on any atom is -0.481 e. The Kier molecular flexibility index (Phi) is 7.92. The quantitative estimate of drug-likeness (QED) is 0.576. The third-order valence-corrected chi connectivity index (χ3v) is 3.51. The number of hydrogen-bond acceptors (Lipinski definition) is 3. The van der Waals surface area contributed by atoms with Gasteiger partial charge >= 0.3 is 5.97 Å². The van der Waals surface area contributed by atoms with Gasteiger partial charge in [-0.1, -0.05) is 56.0 Å². The van der Waals surface area contributed by atoms with Gasteiger partial charge in [0.15, 0.2) is 0 Å². The molecule has 1 aromatic rings. The zero-order valence-electron chi connectivity index (χ0n) is 11.7. The number of rotatable bonds is 10. The summed E-state index contributed by atoms with van der Waals surface area (Å²) in [6, 6.07) is 8.94. The Balaban J connectivity index is 2.42. The maximum Gasteiger partial charge on any atom is 0.309 e. The van der Waals surface area contributed by atoms with Gasteiger partial charge in [0.05, 0.1) is 12.0 Å². The number of aliphatic hydroxyl groups excluding tert-OH is 2. The number of aliphatic hydroxyl groups is 2. The first kappa shape index (κ1) is 16.7. The lowest BCUT2D eigenvalue weighted by Gasteiger charge is -2.19. The van der Waals surface area contributed by atoms with Crippen molar-refractivity contribution < 1.29 is 20.1 Å². The molecule has 0 aliphatic carbocycles. The van der Waals surface area contributed by atoms with Crippen molar-refractivity contribution in [1.82, 2.24) is 0 Å². The van der Waals surface area contributed by atoms with Crippen molar-refractivity contribution in [1.29, 1.82) is 0 Å². The molecule has 0 radical (unpaired) electrons. The second-order valence-electron chi connectivity index (χ2n) is 5.08. The molecule has 0 spiro atoms. The average Bonchev–Trinajstić information content (AvgIpc) is 2.46. The second-order valence-corrected chi connectivity index (χ2v) is 5.08. The number of benzene rings is 1. The number of aliphatic carboxylic acids is 1. The summed E-state index contributed by atoms with van der Waals surface area (Å²) < 4.78 is 0. The molecule has 1 rings (SSSR count). The van der Waals surface area contributed by atoms with Crippen LogP contribution < -0.4 is 0 Å². The summed E-state index contributed by atoms with van der Waals surface area (Å²) in [5.74, 6) is -1.70. The van der Waals surface area contributed by atoms with Crippen molar-refractivity contribution in [2.75, 3.05) is 6.61 Å². The molecule has 0 heterocycles. The van der Waals surface area contributed by atoms with E-state index < -0.39 is 18.0 Å².